The molecule has 2 rings (SSSR count). The van der Waals surface area contributed by atoms with Crippen LogP contribution >= 0.6 is 23.2 Å². The van der Waals surface area contributed by atoms with Gasteiger partial charge in [0.1, 0.15) is 11.4 Å². The normalized spacial score (nSPS) is 9.32. The molecule has 0 amide bonds. The summed E-state index contributed by atoms with van der Waals surface area (Å²) in [6, 6.07) is 8.31. The number of hydrogen-bond acceptors (Lipinski definition) is 6. The number of nitrogen functional groups attached to an aromatic ring is 1. The van der Waals surface area contributed by atoms with Crippen LogP contribution in [-0.2, 0) is 0 Å². The van der Waals surface area contributed by atoms with Crippen LogP contribution in [0.5, 0.6) is 0 Å². The Labute approximate surface area is 152 Å². The highest BCUT2D eigenvalue weighted by atomic mass is 35.5. The molecule has 0 aliphatic heterocycles. The van der Waals surface area contributed by atoms with E-state index in [0.29, 0.717) is 15.7 Å². The molecule has 0 aliphatic carbocycles. The zero-order valence-corrected chi connectivity index (χ0v) is 14.1. The Balaban J connectivity index is 0.000000257. The average Bonchev–Trinajstić information content (AvgIpc) is 2.52. The third-order valence-corrected chi connectivity index (χ3v) is 3.19. The molecule has 0 bridgehead atoms. The number of nitrogens with two attached hydrogens (primary N) is 1. The van der Waals surface area contributed by atoms with E-state index in [-0.39, 0.29) is 23.6 Å². The zero-order valence-electron chi connectivity index (χ0n) is 12.6. The van der Waals surface area contributed by atoms with E-state index in [2.05, 4.69) is 11.2 Å². The van der Waals surface area contributed by atoms with Crippen molar-refractivity contribution in [3.05, 3.63) is 66.7 Å². The summed E-state index contributed by atoms with van der Waals surface area (Å²) in [7, 11) is 0. The van der Waals surface area contributed by atoms with Gasteiger partial charge in [-0.3, -0.25) is 20.2 Å². The van der Waals surface area contributed by atoms with Gasteiger partial charge in [-0.25, -0.2) is 0 Å². The number of nitrogens with zero attached hydrogens (tertiary/aromatic N) is 2. The van der Waals surface area contributed by atoms with Crippen LogP contribution in [-0.4, -0.2) is 16.4 Å². The lowest BCUT2D eigenvalue weighted by Crippen LogP contribution is -2.01. The topological polar surface area (TPSA) is 124 Å². The molecule has 0 aliphatic rings. The Bertz CT molecular complexity index is 837. The van der Waals surface area contributed by atoms with Gasteiger partial charge in [-0.2, -0.15) is 0 Å². The second-order valence-corrected chi connectivity index (χ2v) is 5.31. The number of nitro benzene ring substituents is 2. The third-order valence-electron chi connectivity index (χ3n) is 2.72. The third kappa shape index (κ3) is 6.18. The second-order valence-electron chi connectivity index (χ2n) is 4.44. The molecule has 0 atom stereocenters. The van der Waals surface area contributed by atoms with Crippen LogP contribution in [0.25, 0.3) is 0 Å². The van der Waals surface area contributed by atoms with Crippen LogP contribution in [0.1, 0.15) is 0 Å². The predicted molar refractivity (Wildman–Crippen MR) is 97.9 cm³/mol. The van der Waals surface area contributed by atoms with Crippen molar-refractivity contribution in [2.45, 2.75) is 0 Å². The molecular weight excluding hydrogens is 371 g/mol. The summed E-state index contributed by atoms with van der Waals surface area (Å²) >= 11 is 11.2. The Kier molecular flexibility index (Phi) is 7.46. The van der Waals surface area contributed by atoms with Gasteiger partial charge in [-0.15, -0.1) is 6.42 Å². The summed E-state index contributed by atoms with van der Waals surface area (Å²) in [4.78, 5) is 19.7. The van der Waals surface area contributed by atoms with Crippen LogP contribution in [0.3, 0.4) is 0 Å². The first-order valence-corrected chi connectivity index (χ1v) is 7.32. The minimum Gasteiger partial charge on any atom is -0.393 e. The Morgan fingerprint density at radius 1 is 1.04 bits per heavy atom. The summed E-state index contributed by atoms with van der Waals surface area (Å²) in [5, 5.41) is 24.3. The van der Waals surface area contributed by atoms with Crippen LogP contribution in [0.4, 0.5) is 22.7 Å². The van der Waals surface area contributed by atoms with Crippen molar-refractivity contribution >= 4 is 46.0 Å². The number of rotatable bonds is 4. The molecule has 0 saturated carbocycles. The van der Waals surface area contributed by atoms with Gasteiger partial charge < -0.3 is 11.1 Å². The largest absolute Gasteiger partial charge is 0.393 e. The number of anilines is 2. The summed E-state index contributed by atoms with van der Waals surface area (Å²) < 4.78 is 0. The van der Waals surface area contributed by atoms with Crippen molar-refractivity contribution in [2.75, 3.05) is 17.6 Å². The molecule has 0 fully saturated rings. The smallest absolute Gasteiger partial charge is 0.292 e. The van der Waals surface area contributed by atoms with Gasteiger partial charge in [0.05, 0.1) is 16.4 Å². The fourth-order valence-electron chi connectivity index (χ4n) is 1.65. The molecule has 0 unspecified atom stereocenters. The van der Waals surface area contributed by atoms with E-state index >= 15 is 0 Å². The number of nitrogens with one attached hydrogen (secondary N) is 1. The first kappa shape index (κ1) is 20.0. The predicted octanol–water partition coefficient (Wildman–Crippen LogP) is 4.12. The van der Waals surface area contributed by atoms with Gasteiger partial charge in [-0.1, -0.05) is 29.1 Å². The molecule has 0 radical (unpaired) electrons. The van der Waals surface area contributed by atoms with E-state index in [4.69, 9.17) is 35.4 Å². The minimum absolute atomic E-state index is 0.0374. The van der Waals surface area contributed by atoms with E-state index in [1.165, 1.54) is 36.4 Å². The minimum atomic E-state index is -0.550. The Hall–Kier alpha value is -3.02. The molecule has 8 nitrogen and oxygen atoms in total. The van der Waals surface area contributed by atoms with E-state index in [1.807, 2.05) is 0 Å². The lowest BCUT2D eigenvalue weighted by Gasteiger charge is -2.03. The van der Waals surface area contributed by atoms with E-state index in [9.17, 15) is 20.2 Å². The standard InChI is InChI=1S/C9H7ClN2O2.C6H5ClN2O2/c1-2-5-11-8-6-7(10)3-4-9(8)12(13)14;7-4-1-2-6(9(10)11)5(8)3-4/h1,3-4,6,11H,5H2;1-3H,8H2. The van der Waals surface area contributed by atoms with Gasteiger partial charge in [0.25, 0.3) is 11.4 Å². The highest BCUT2D eigenvalue weighted by Gasteiger charge is 2.12. The number of halogens is 2. The van der Waals surface area contributed by atoms with Gasteiger partial charge >= 0.3 is 0 Å². The summed E-state index contributed by atoms with van der Waals surface area (Å²) in [5.74, 6) is 2.32. The van der Waals surface area contributed by atoms with Crippen LogP contribution < -0.4 is 11.1 Å². The second kappa shape index (κ2) is 9.32. The van der Waals surface area contributed by atoms with E-state index in [0.717, 1.165) is 0 Å². The van der Waals surface area contributed by atoms with Gasteiger partial charge in [0.15, 0.2) is 0 Å². The van der Waals surface area contributed by atoms with Crippen LogP contribution in [0.15, 0.2) is 36.4 Å². The van der Waals surface area contributed by atoms with Crippen molar-refractivity contribution < 1.29 is 9.85 Å². The number of benzene rings is 2. The average molecular weight is 383 g/mol. The molecule has 0 heterocycles. The lowest BCUT2D eigenvalue weighted by atomic mass is 10.2. The molecule has 0 aromatic heterocycles. The molecule has 0 saturated heterocycles. The maximum atomic E-state index is 10.6. The Morgan fingerprint density at radius 3 is 2.04 bits per heavy atom. The van der Waals surface area contributed by atoms with Crippen molar-refractivity contribution in [1.82, 2.24) is 0 Å². The van der Waals surface area contributed by atoms with Crippen LogP contribution in [0.2, 0.25) is 10.0 Å². The monoisotopic (exact) mass is 382 g/mol. The summed E-state index contributed by atoms with van der Waals surface area (Å²) in [6.45, 7) is 0.223. The Morgan fingerprint density at radius 2 is 1.56 bits per heavy atom. The summed E-state index contributed by atoms with van der Waals surface area (Å²) in [5.41, 5.74) is 5.56. The maximum absolute atomic E-state index is 10.6. The lowest BCUT2D eigenvalue weighted by molar-refractivity contribution is -0.384. The maximum Gasteiger partial charge on any atom is 0.292 e. The summed E-state index contributed by atoms with van der Waals surface area (Å²) in [6.07, 6.45) is 5.03. The highest BCUT2D eigenvalue weighted by molar-refractivity contribution is 6.31. The highest BCUT2D eigenvalue weighted by Crippen LogP contribution is 2.27. The quantitative estimate of drug-likeness (QED) is 0.354. The number of hydrogen-bond donors (Lipinski definition) is 2. The van der Waals surface area contributed by atoms with Crippen molar-refractivity contribution in [3.63, 3.8) is 0 Å². The molecule has 3 N–H and O–H groups in total. The van der Waals surface area contributed by atoms with Gasteiger partial charge in [0.2, 0.25) is 0 Å². The zero-order chi connectivity index (χ0) is 19.0. The molecular formula is C15H12Cl2N4O4. The van der Waals surface area contributed by atoms with E-state index in [1.54, 1.807) is 0 Å². The fraction of sp³-hybridized carbons (Fsp3) is 0.0667. The molecule has 0 spiro atoms. The molecule has 10 heteroatoms. The first-order valence-electron chi connectivity index (χ1n) is 6.57. The van der Waals surface area contributed by atoms with Gasteiger partial charge in [0, 0.05) is 22.2 Å². The van der Waals surface area contributed by atoms with Crippen LogP contribution in [0, 0.1) is 32.6 Å². The fourth-order valence-corrected chi connectivity index (χ4v) is 2.00. The van der Waals surface area contributed by atoms with Gasteiger partial charge in [-0.05, 0) is 24.3 Å². The first-order chi connectivity index (χ1) is 11.8. The molecule has 2 aromatic carbocycles. The SMILES string of the molecule is C#CCNc1cc(Cl)ccc1[N+](=O)[O-].Nc1cc(Cl)ccc1[N+](=O)[O-]. The molecule has 2 aromatic rings. The molecule has 25 heavy (non-hydrogen) atoms. The van der Waals surface area contributed by atoms with Crippen molar-refractivity contribution in [3.8, 4) is 12.3 Å². The van der Waals surface area contributed by atoms with Crippen molar-refractivity contribution in [2.24, 2.45) is 0 Å². The number of terminal acetylenes is 1. The number of nitro groups is 2. The molecule has 130 valence electrons. The van der Waals surface area contributed by atoms with Crippen molar-refractivity contribution in [1.29, 1.82) is 0 Å². The van der Waals surface area contributed by atoms with E-state index < -0.39 is 9.85 Å².